The summed E-state index contributed by atoms with van der Waals surface area (Å²) in [5, 5.41) is 6.41. The van der Waals surface area contributed by atoms with Gasteiger partial charge in [-0.25, -0.2) is 0 Å². The van der Waals surface area contributed by atoms with E-state index in [2.05, 4.69) is 10.6 Å². The lowest BCUT2D eigenvalue weighted by molar-refractivity contribution is -0.118. The third-order valence-corrected chi connectivity index (χ3v) is 5.92. The first-order chi connectivity index (χ1) is 12.1. The molecule has 0 bridgehead atoms. The van der Waals surface area contributed by atoms with Crippen LogP contribution < -0.4 is 20.3 Å². The van der Waals surface area contributed by atoms with E-state index >= 15 is 0 Å². The van der Waals surface area contributed by atoms with Crippen molar-refractivity contribution in [2.24, 2.45) is 11.3 Å². The number of methoxy groups -OCH3 is 1. The van der Waals surface area contributed by atoms with Gasteiger partial charge in [-0.05, 0) is 62.4 Å². The molecule has 4 rings (SSSR count). The first-order valence-corrected chi connectivity index (χ1v) is 9.13. The van der Waals surface area contributed by atoms with E-state index in [9.17, 15) is 9.59 Å². The third-order valence-electron chi connectivity index (χ3n) is 5.92. The van der Waals surface area contributed by atoms with Crippen molar-refractivity contribution in [1.82, 2.24) is 5.32 Å². The lowest BCUT2D eigenvalue weighted by Gasteiger charge is -2.23. The summed E-state index contributed by atoms with van der Waals surface area (Å²) >= 11 is 0. The van der Waals surface area contributed by atoms with Gasteiger partial charge in [0.2, 0.25) is 11.8 Å². The zero-order valence-corrected chi connectivity index (χ0v) is 14.6. The maximum absolute atomic E-state index is 12.7. The summed E-state index contributed by atoms with van der Waals surface area (Å²) < 4.78 is 5.40. The summed E-state index contributed by atoms with van der Waals surface area (Å²) in [5.41, 5.74) is 1.70. The van der Waals surface area contributed by atoms with Gasteiger partial charge in [0.1, 0.15) is 5.75 Å². The number of anilines is 2. The highest BCUT2D eigenvalue weighted by molar-refractivity contribution is 5.99. The molecule has 1 aromatic rings. The Morgan fingerprint density at radius 2 is 2.16 bits per heavy atom. The number of piperidine rings is 1. The zero-order chi connectivity index (χ0) is 17.4. The first-order valence-electron chi connectivity index (χ1n) is 9.13. The van der Waals surface area contributed by atoms with Crippen molar-refractivity contribution in [2.45, 2.75) is 32.1 Å². The largest absolute Gasteiger partial charge is 0.495 e. The summed E-state index contributed by atoms with van der Waals surface area (Å²) in [4.78, 5) is 26.5. The highest BCUT2D eigenvalue weighted by Crippen LogP contribution is 2.58. The van der Waals surface area contributed by atoms with Crippen LogP contribution in [-0.4, -0.2) is 38.6 Å². The Labute approximate surface area is 147 Å². The van der Waals surface area contributed by atoms with E-state index in [0.29, 0.717) is 18.7 Å². The van der Waals surface area contributed by atoms with Gasteiger partial charge in [-0.3, -0.25) is 9.59 Å². The molecule has 1 unspecified atom stereocenters. The fourth-order valence-electron chi connectivity index (χ4n) is 4.31. The number of hydrogen-bond donors (Lipinski definition) is 2. The molecule has 0 aromatic heterocycles. The second kappa shape index (κ2) is 6.33. The molecule has 1 spiro atoms. The lowest BCUT2D eigenvalue weighted by Crippen LogP contribution is -2.31. The molecule has 2 amide bonds. The Balaban J connectivity index is 1.49. The molecule has 1 atom stereocenters. The van der Waals surface area contributed by atoms with Crippen molar-refractivity contribution in [3.8, 4) is 5.75 Å². The number of nitrogens with zero attached hydrogens (tertiary/aromatic N) is 1. The molecule has 25 heavy (non-hydrogen) atoms. The highest BCUT2D eigenvalue weighted by atomic mass is 16.5. The van der Waals surface area contributed by atoms with Gasteiger partial charge < -0.3 is 20.3 Å². The molecule has 1 aliphatic carbocycles. The van der Waals surface area contributed by atoms with Gasteiger partial charge in [0.25, 0.3) is 0 Å². The molecular weight excluding hydrogens is 318 g/mol. The smallest absolute Gasteiger partial charge is 0.228 e. The van der Waals surface area contributed by atoms with Crippen molar-refractivity contribution < 1.29 is 14.3 Å². The van der Waals surface area contributed by atoms with Crippen LogP contribution in [0.2, 0.25) is 0 Å². The molecule has 6 heteroatoms. The van der Waals surface area contributed by atoms with Gasteiger partial charge in [0.15, 0.2) is 0 Å². The standard InChI is InChI=1S/C19H25N3O3/c1-25-16-5-4-13(11-15(16)22-10-2-3-17(22)23)21-18(24)14-12-19(14)6-8-20-9-7-19/h4-5,11,14,20H,2-3,6-10,12H2,1H3,(H,21,24). The normalized spacial score (nSPS) is 24.4. The van der Waals surface area contributed by atoms with Crippen LogP contribution in [-0.2, 0) is 9.59 Å². The van der Waals surface area contributed by atoms with Crippen LogP contribution in [0.25, 0.3) is 0 Å². The molecule has 6 nitrogen and oxygen atoms in total. The van der Waals surface area contributed by atoms with Crippen molar-refractivity contribution >= 4 is 23.2 Å². The van der Waals surface area contributed by atoms with Crippen LogP contribution in [0.15, 0.2) is 18.2 Å². The minimum Gasteiger partial charge on any atom is -0.495 e. The molecule has 134 valence electrons. The fourth-order valence-corrected chi connectivity index (χ4v) is 4.31. The van der Waals surface area contributed by atoms with E-state index < -0.39 is 0 Å². The Hall–Kier alpha value is -2.08. The van der Waals surface area contributed by atoms with E-state index in [1.165, 1.54) is 0 Å². The van der Waals surface area contributed by atoms with Crippen LogP contribution in [0.5, 0.6) is 5.75 Å². The predicted octanol–water partition coefficient (Wildman–Crippen LogP) is 2.15. The first kappa shape index (κ1) is 16.4. The SMILES string of the molecule is COc1ccc(NC(=O)C2CC23CCNCC3)cc1N1CCCC1=O. The number of carbonyl (C=O) groups excluding carboxylic acids is 2. The van der Waals surface area contributed by atoms with Crippen LogP contribution in [0.4, 0.5) is 11.4 Å². The summed E-state index contributed by atoms with van der Waals surface area (Å²) in [6.07, 6.45) is 4.59. The van der Waals surface area contributed by atoms with Crippen molar-refractivity contribution in [2.75, 3.05) is 37.0 Å². The Morgan fingerprint density at radius 3 is 2.84 bits per heavy atom. The number of ether oxygens (including phenoxy) is 1. The van der Waals surface area contributed by atoms with Crippen LogP contribution in [0.1, 0.15) is 32.1 Å². The molecular formula is C19H25N3O3. The maximum atomic E-state index is 12.7. The Bertz CT molecular complexity index is 697. The molecule has 0 radical (unpaired) electrons. The van der Waals surface area contributed by atoms with Crippen molar-refractivity contribution in [1.29, 1.82) is 0 Å². The number of benzene rings is 1. The number of nitrogens with one attached hydrogen (secondary N) is 2. The number of amides is 2. The van der Waals surface area contributed by atoms with E-state index in [4.69, 9.17) is 4.74 Å². The van der Waals surface area contributed by atoms with Gasteiger partial charge >= 0.3 is 0 Å². The Morgan fingerprint density at radius 1 is 1.36 bits per heavy atom. The van der Waals surface area contributed by atoms with Gasteiger partial charge in [-0.15, -0.1) is 0 Å². The van der Waals surface area contributed by atoms with E-state index in [1.54, 1.807) is 12.0 Å². The highest BCUT2D eigenvalue weighted by Gasteiger charge is 2.57. The molecule has 3 aliphatic rings. The third kappa shape index (κ3) is 2.99. The van der Waals surface area contributed by atoms with Crippen molar-refractivity contribution in [3.63, 3.8) is 0 Å². The van der Waals surface area contributed by atoms with Gasteiger partial charge in [0, 0.05) is 24.6 Å². The van der Waals surface area contributed by atoms with E-state index in [-0.39, 0.29) is 23.1 Å². The average molecular weight is 343 g/mol. The molecule has 2 heterocycles. The molecule has 1 aromatic carbocycles. The van der Waals surface area contributed by atoms with Crippen LogP contribution in [0.3, 0.4) is 0 Å². The minimum absolute atomic E-state index is 0.103. The number of carbonyl (C=O) groups is 2. The Kier molecular flexibility index (Phi) is 4.15. The molecule has 2 N–H and O–H groups in total. The van der Waals surface area contributed by atoms with Gasteiger partial charge in [-0.1, -0.05) is 0 Å². The number of hydrogen-bond acceptors (Lipinski definition) is 4. The second-order valence-electron chi connectivity index (χ2n) is 7.39. The average Bonchev–Trinajstić information content (AvgIpc) is 3.14. The summed E-state index contributed by atoms with van der Waals surface area (Å²) in [5.74, 6) is 0.992. The predicted molar refractivity (Wildman–Crippen MR) is 95.9 cm³/mol. The summed E-state index contributed by atoms with van der Waals surface area (Å²) in [7, 11) is 1.60. The quantitative estimate of drug-likeness (QED) is 0.879. The molecule has 1 saturated carbocycles. The molecule has 3 fully saturated rings. The summed E-state index contributed by atoms with van der Waals surface area (Å²) in [6.45, 7) is 2.71. The fraction of sp³-hybridized carbons (Fsp3) is 0.579. The monoisotopic (exact) mass is 343 g/mol. The number of rotatable bonds is 4. The second-order valence-corrected chi connectivity index (χ2v) is 7.39. The summed E-state index contributed by atoms with van der Waals surface area (Å²) in [6, 6.07) is 5.53. The lowest BCUT2D eigenvalue weighted by atomic mass is 9.92. The zero-order valence-electron chi connectivity index (χ0n) is 14.6. The topological polar surface area (TPSA) is 70.7 Å². The van der Waals surface area contributed by atoms with Gasteiger partial charge in [-0.2, -0.15) is 0 Å². The minimum atomic E-state index is 0.103. The van der Waals surface area contributed by atoms with E-state index in [1.807, 2.05) is 18.2 Å². The van der Waals surface area contributed by atoms with Crippen LogP contribution in [0, 0.1) is 11.3 Å². The maximum Gasteiger partial charge on any atom is 0.228 e. The van der Waals surface area contributed by atoms with E-state index in [0.717, 1.165) is 50.1 Å². The van der Waals surface area contributed by atoms with Crippen LogP contribution >= 0.6 is 0 Å². The van der Waals surface area contributed by atoms with Gasteiger partial charge in [0.05, 0.1) is 12.8 Å². The molecule has 2 saturated heterocycles. The molecule has 2 aliphatic heterocycles. The van der Waals surface area contributed by atoms with Crippen molar-refractivity contribution in [3.05, 3.63) is 18.2 Å².